The first-order valence-corrected chi connectivity index (χ1v) is 13.8. The Kier molecular flexibility index (Phi) is 5.90. The third-order valence-corrected chi connectivity index (χ3v) is 8.54. The molecule has 43 heavy (non-hydrogen) atoms. The van der Waals surface area contributed by atoms with Crippen molar-refractivity contribution >= 4 is 51.0 Å². The van der Waals surface area contributed by atoms with Gasteiger partial charge in [0.15, 0.2) is 11.5 Å². The number of nitrogens with zero attached hydrogens (tertiary/aromatic N) is 5. The van der Waals surface area contributed by atoms with E-state index in [4.69, 9.17) is 26.9 Å². The number of halogens is 1. The second kappa shape index (κ2) is 9.58. The molecule has 1 aliphatic heterocycles. The van der Waals surface area contributed by atoms with Gasteiger partial charge in [-0.1, -0.05) is 18.6 Å². The molecule has 220 valence electrons. The number of likely N-dealkylation sites (N-methyl/N-ethyl adjacent to an activating group) is 1. The minimum absolute atomic E-state index is 0.0409. The van der Waals surface area contributed by atoms with Crippen molar-refractivity contribution in [2.24, 2.45) is 5.73 Å². The Bertz CT molecular complexity index is 1980. The van der Waals surface area contributed by atoms with E-state index >= 15 is 0 Å². The summed E-state index contributed by atoms with van der Waals surface area (Å²) in [4.78, 5) is 37.3. The van der Waals surface area contributed by atoms with Crippen molar-refractivity contribution in [2.75, 3.05) is 41.8 Å². The highest BCUT2D eigenvalue weighted by atomic mass is 19.1. The predicted octanol–water partition coefficient (Wildman–Crippen LogP) is 2.18. The molecular weight excluding hydrogens is 555 g/mol. The van der Waals surface area contributed by atoms with E-state index < -0.39 is 16.8 Å². The van der Waals surface area contributed by atoms with Gasteiger partial charge in [-0.15, -0.1) is 0 Å². The zero-order valence-electron chi connectivity index (χ0n) is 23.2. The molecule has 8 N–H and O–H groups in total. The fourth-order valence-electron chi connectivity index (χ4n) is 5.99. The number of ether oxygens (including phenoxy) is 1. The summed E-state index contributed by atoms with van der Waals surface area (Å²) in [5.74, 6) is -0.133. The topological polar surface area (TPSA) is 196 Å². The summed E-state index contributed by atoms with van der Waals surface area (Å²) in [7, 11) is 1.80. The average Bonchev–Trinajstić information content (AvgIpc) is 3.35. The number of rotatable bonds is 6. The van der Waals surface area contributed by atoms with Crippen molar-refractivity contribution < 1.29 is 13.9 Å². The van der Waals surface area contributed by atoms with E-state index in [1.807, 2.05) is 12.1 Å². The van der Waals surface area contributed by atoms with Crippen LogP contribution < -0.4 is 37.7 Å². The second-order valence-electron chi connectivity index (χ2n) is 11.1. The van der Waals surface area contributed by atoms with Crippen molar-refractivity contribution in [3.05, 3.63) is 64.3 Å². The Hall–Kier alpha value is -5.40. The van der Waals surface area contributed by atoms with Gasteiger partial charge >= 0.3 is 0 Å². The number of pyridine rings is 1. The maximum absolute atomic E-state index is 14.0. The molecule has 13 nitrogen and oxygen atoms in total. The van der Waals surface area contributed by atoms with Crippen LogP contribution in [-0.2, 0) is 10.2 Å². The molecule has 1 fully saturated rings. The highest BCUT2D eigenvalue weighted by Crippen LogP contribution is 2.43. The lowest BCUT2D eigenvalue weighted by Crippen LogP contribution is -2.46. The van der Waals surface area contributed by atoms with Crippen LogP contribution in [0.1, 0.15) is 24.8 Å². The first-order valence-electron chi connectivity index (χ1n) is 13.8. The molecule has 0 saturated heterocycles. The fourth-order valence-corrected chi connectivity index (χ4v) is 5.99. The van der Waals surface area contributed by atoms with Crippen LogP contribution in [0.3, 0.4) is 0 Å². The Labute approximate surface area is 243 Å². The molecule has 0 radical (unpaired) electrons. The van der Waals surface area contributed by atoms with Crippen molar-refractivity contribution in [3.8, 4) is 11.4 Å². The van der Waals surface area contributed by atoms with Crippen molar-refractivity contribution in [2.45, 2.75) is 30.8 Å². The lowest BCUT2D eigenvalue weighted by atomic mass is 9.64. The zero-order valence-corrected chi connectivity index (χ0v) is 23.2. The molecule has 2 aliphatic rings. The second-order valence-corrected chi connectivity index (χ2v) is 11.1. The number of aromatic nitrogens is 5. The molecule has 0 bridgehead atoms. The van der Waals surface area contributed by atoms with Gasteiger partial charge in [-0.3, -0.25) is 19.3 Å². The van der Waals surface area contributed by atoms with Gasteiger partial charge in [0.25, 0.3) is 5.56 Å². The van der Waals surface area contributed by atoms with E-state index in [2.05, 4.69) is 20.5 Å². The molecule has 0 unspecified atom stereocenters. The highest BCUT2D eigenvalue weighted by molar-refractivity contribution is 6.06. The number of nitrogens with one attached hydrogen (secondary N) is 2. The van der Waals surface area contributed by atoms with Gasteiger partial charge in [0.2, 0.25) is 11.9 Å². The minimum atomic E-state index is -0.683. The Balaban J connectivity index is 1.27. The molecule has 1 aliphatic carbocycles. The van der Waals surface area contributed by atoms with E-state index in [0.29, 0.717) is 65.6 Å². The van der Waals surface area contributed by atoms with Crippen LogP contribution in [0.4, 0.5) is 27.5 Å². The average molecular weight is 585 g/mol. The Morgan fingerprint density at radius 2 is 2.00 bits per heavy atom. The number of hydrogen-bond donors (Lipinski definition) is 5. The number of anilines is 4. The monoisotopic (exact) mass is 584 g/mol. The zero-order chi connectivity index (χ0) is 30.0. The van der Waals surface area contributed by atoms with E-state index in [0.717, 1.165) is 12.0 Å². The van der Waals surface area contributed by atoms with Gasteiger partial charge < -0.3 is 32.2 Å². The third kappa shape index (κ3) is 4.08. The van der Waals surface area contributed by atoms with Crippen LogP contribution in [0.15, 0.2) is 47.4 Å². The number of nitrogens with two attached hydrogens (primary N) is 3. The summed E-state index contributed by atoms with van der Waals surface area (Å²) in [6, 6.07) is 9.98. The standard InChI is InChI=1S/C29H29FN10O3/c1-39(13-16-11-34-20-10-19(31)18(30)9-21(20)43-16)28-35-12-17-23-22(24(32)38-37-23)26(41)40(25(17)36-28)15-5-3-14(4-6-15)29(27(33)42)7-2-8-29/h3-6,9-10,12,16,34H,2,7-8,11,13,31H2,1H3,(H2,33,42)(H3,32,37,38)/t16-/m1/s1. The molecule has 4 heterocycles. The quantitative estimate of drug-likeness (QED) is 0.185. The normalized spacial score (nSPS) is 17.1. The first kappa shape index (κ1) is 26.5. The first-order chi connectivity index (χ1) is 20.7. The molecule has 7 rings (SSSR count). The number of fused-ring (bicyclic) bond motifs is 4. The summed E-state index contributed by atoms with van der Waals surface area (Å²) >= 11 is 0. The lowest BCUT2D eigenvalue weighted by molar-refractivity contribution is -0.126. The number of aromatic amines is 1. The minimum Gasteiger partial charge on any atom is -0.484 e. The smallest absolute Gasteiger partial charge is 0.270 e. The van der Waals surface area contributed by atoms with Crippen molar-refractivity contribution in [1.82, 2.24) is 24.7 Å². The van der Waals surface area contributed by atoms with Gasteiger partial charge in [-0.2, -0.15) is 10.1 Å². The van der Waals surface area contributed by atoms with Crippen molar-refractivity contribution in [1.29, 1.82) is 0 Å². The van der Waals surface area contributed by atoms with Crippen molar-refractivity contribution in [3.63, 3.8) is 0 Å². The summed E-state index contributed by atoms with van der Waals surface area (Å²) in [5, 5.41) is 10.9. The summed E-state index contributed by atoms with van der Waals surface area (Å²) < 4.78 is 21.5. The lowest BCUT2D eigenvalue weighted by Gasteiger charge is -2.39. The number of carbonyl (C=O) groups is 1. The number of hydrogen-bond acceptors (Lipinski definition) is 10. The SMILES string of the molecule is CN(C[C@H]1CNc2cc(N)c(F)cc2O1)c1ncc2c3[nH]nc(N)c3c(=O)n(-c3ccc(C4(C(N)=O)CCC4)cc3)c2n1. The number of carbonyl (C=O) groups excluding carboxylic acids is 1. The number of nitrogen functional groups attached to an aromatic ring is 2. The maximum atomic E-state index is 14.0. The molecular formula is C29H29FN10O3. The Morgan fingerprint density at radius 3 is 2.70 bits per heavy atom. The summed E-state index contributed by atoms with van der Waals surface area (Å²) in [5.41, 5.74) is 19.2. The molecule has 1 amide bonds. The molecule has 3 aromatic heterocycles. The largest absolute Gasteiger partial charge is 0.484 e. The van der Waals surface area contributed by atoms with Gasteiger partial charge in [-0.05, 0) is 36.6 Å². The number of benzene rings is 2. The van der Waals surface area contributed by atoms with Crippen LogP contribution >= 0.6 is 0 Å². The molecule has 5 aromatic rings. The molecule has 1 atom stereocenters. The van der Waals surface area contributed by atoms with Gasteiger partial charge in [-0.25, -0.2) is 9.37 Å². The van der Waals surface area contributed by atoms with Crippen LogP contribution in [0.2, 0.25) is 0 Å². The predicted molar refractivity (Wildman–Crippen MR) is 161 cm³/mol. The van der Waals surface area contributed by atoms with Gasteiger partial charge in [0.1, 0.15) is 23.1 Å². The van der Waals surface area contributed by atoms with E-state index in [9.17, 15) is 14.0 Å². The number of H-pyrrole nitrogens is 1. The van der Waals surface area contributed by atoms with Gasteiger partial charge in [0.05, 0.1) is 46.5 Å². The Morgan fingerprint density at radius 1 is 1.23 bits per heavy atom. The van der Waals surface area contributed by atoms with E-state index in [1.54, 1.807) is 30.3 Å². The molecule has 1 saturated carbocycles. The maximum Gasteiger partial charge on any atom is 0.270 e. The summed E-state index contributed by atoms with van der Waals surface area (Å²) in [6.07, 6.45) is 3.58. The van der Waals surface area contributed by atoms with Crippen LogP contribution in [0, 0.1) is 5.82 Å². The van der Waals surface area contributed by atoms with Crippen LogP contribution in [-0.4, -0.2) is 56.9 Å². The molecule has 0 spiro atoms. The third-order valence-electron chi connectivity index (χ3n) is 8.54. The highest BCUT2D eigenvalue weighted by Gasteiger charge is 2.44. The molecule has 14 heteroatoms. The summed E-state index contributed by atoms with van der Waals surface area (Å²) in [6.45, 7) is 0.811. The fraction of sp³-hybridized carbons (Fsp3) is 0.276. The van der Waals surface area contributed by atoms with Crippen LogP contribution in [0.25, 0.3) is 27.6 Å². The van der Waals surface area contributed by atoms with Crippen LogP contribution in [0.5, 0.6) is 5.75 Å². The molecule has 2 aromatic carbocycles. The van der Waals surface area contributed by atoms with Gasteiger partial charge in [0, 0.05) is 19.3 Å². The van der Waals surface area contributed by atoms with E-state index in [-0.39, 0.29) is 28.9 Å². The number of amides is 1. The number of primary amides is 1. The van der Waals surface area contributed by atoms with E-state index in [1.165, 1.54) is 16.7 Å².